The van der Waals surface area contributed by atoms with Crippen LogP contribution >= 0.6 is 0 Å². The highest BCUT2D eigenvalue weighted by Gasteiger charge is 2.22. The number of hydrogen-bond donors (Lipinski definition) is 1. The molecule has 6 nitrogen and oxygen atoms in total. The van der Waals surface area contributed by atoms with E-state index in [4.69, 9.17) is 4.74 Å². The number of aryl methyl sites for hydroxylation is 2. The molecule has 3 rings (SSSR count). The number of aromatic nitrogens is 3. The predicted octanol–water partition coefficient (Wildman–Crippen LogP) is 2.57. The molecule has 1 amide bonds. The van der Waals surface area contributed by atoms with Crippen LogP contribution in [0.15, 0.2) is 24.3 Å². The van der Waals surface area contributed by atoms with Crippen molar-refractivity contribution in [3.8, 4) is 5.75 Å². The van der Waals surface area contributed by atoms with E-state index in [0.717, 1.165) is 42.3 Å². The van der Waals surface area contributed by atoms with Gasteiger partial charge in [-0.25, -0.2) is 0 Å². The molecule has 6 heteroatoms. The van der Waals surface area contributed by atoms with Crippen molar-refractivity contribution in [1.82, 2.24) is 20.1 Å². The van der Waals surface area contributed by atoms with Gasteiger partial charge in [0, 0.05) is 19.4 Å². The molecule has 1 aromatic heterocycles. The Labute approximate surface area is 142 Å². The molecule has 0 saturated heterocycles. The molecule has 0 bridgehead atoms. The Kier molecular flexibility index (Phi) is 5.13. The number of fused-ring (bicyclic) bond motifs is 1. The van der Waals surface area contributed by atoms with Gasteiger partial charge in [-0.2, -0.15) is 0 Å². The van der Waals surface area contributed by atoms with Crippen molar-refractivity contribution < 1.29 is 9.53 Å². The maximum Gasteiger partial charge on any atom is 0.220 e. The van der Waals surface area contributed by atoms with Gasteiger partial charge in [0.1, 0.15) is 11.6 Å². The van der Waals surface area contributed by atoms with Crippen molar-refractivity contribution in [3.63, 3.8) is 0 Å². The lowest BCUT2D eigenvalue weighted by Gasteiger charge is -2.14. The Morgan fingerprint density at radius 1 is 1.38 bits per heavy atom. The molecule has 128 valence electrons. The molecule has 24 heavy (non-hydrogen) atoms. The van der Waals surface area contributed by atoms with Crippen LogP contribution in [0.4, 0.5) is 0 Å². The second-order valence-corrected chi connectivity index (χ2v) is 6.24. The molecular weight excluding hydrogens is 304 g/mol. The molecule has 1 aliphatic rings. The van der Waals surface area contributed by atoms with Gasteiger partial charge >= 0.3 is 0 Å². The zero-order valence-corrected chi connectivity index (χ0v) is 14.3. The molecule has 0 aliphatic carbocycles. The molecular formula is C18H24N4O2. The van der Waals surface area contributed by atoms with Crippen molar-refractivity contribution in [1.29, 1.82) is 0 Å². The van der Waals surface area contributed by atoms with Crippen LogP contribution in [-0.4, -0.2) is 27.3 Å². The summed E-state index contributed by atoms with van der Waals surface area (Å²) >= 11 is 0. The fourth-order valence-corrected chi connectivity index (χ4v) is 3.00. The lowest BCUT2D eigenvalue weighted by Crippen LogP contribution is -2.28. The number of benzene rings is 1. The fourth-order valence-electron chi connectivity index (χ4n) is 3.00. The number of carbonyl (C=O) groups is 1. The van der Waals surface area contributed by atoms with Crippen LogP contribution in [0.25, 0.3) is 0 Å². The van der Waals surface area contributed by atoms with Crippen LogP contribution in [-0.2, 0) is 17.8 Å². The number of nitrogens with one attached hydrogen (secondary N) is 1. The predicted molar refractivity (Wildman–Crippen MR) is 90.8 cm³/mol. The molecule has 1 unspecified atom stereocenters. The van der Waals surface area contributed by atoms with Crippen LogP contribution < -0.4 is 10.1 Å². The Morgan fingerprint density at radius 3 is 3.04 bits per heavy atom. The third-order valence-electron chi connectivity index (χ3n) is 4.30. The smallest absolute Gasteiger partial charge is 0.220 e. The third kappa shape index (κ3) is 3.75. The van der Waals surface area contributed by atoms with Crippen molar-refractivity contribution in [2.45, 2.75) is 52.1 Å². The quantitative estimate of drug-likeness (QED) is 0.793. The molecule has 0 spiro atoms. The zero-order chi connectivity index (χ0) is 16.9. The van der Waals surface area contributed by atoms with Gasteiger partial charge in [-0.3, -0.25) is 4.79 Å². The number of carbonyl (C=O) groups excluding carboxylic acids is 1. The molecule has 1 N–H and O–H groups in total. The topological polar surface area (TPSA) is 69.0 Å². The summed E-state index contributed by atoms with van der Waals surface area (Å²) in [5.74, 6) is 2.78. The minimum atomic E-state index is -0.117. The second kappa shape index (κ2) is 7.47. The maximum absolute atomic E-state index is 12.1. The zero-order valence-electron chi connectivity index (χ0n) is 14.3. The molecule has 1 atom stereocenters. The van der Waals surface area contributed by atoms with Gasteiger partial charge in [0.2, 0.25) is 5.91 Å². The number of para-hydroxylation sites is 1. The molecule has 0 fully saturated rings. The molecule has 1 aliphatic heterocycles. The van der Waals surface area contributed by atoms with Crippen LogP contribution in [0.3, 0.4) is 0 Å². The van der Waals surface area contributed by atoms with E-state index in [2.05, 4.69) is 20.1 Å². The van der Waals surface area contributed by atoms with Gasteiger partial charge in [0.25, 0.3) is 0 Å². The largest absolute Gasteiger partial charge is 0.493 e. The highest BCUT2D eigenvalue weighted by Crippen LogP contribution is 2.19. The molecule has 2 heterocycles. The highest BCUT2D eigenvalue weighted by molar-refractivity contribution is 5.76. The van der Waals surface area contributed by atoms with E-state index in [0.29, 0.717) is 19.4 Å². The second-order valence-electron chi connectivity index (χ2n) is 6.24. The minimum absolute atomic E-state index is 0.0197. The molecule has 1 aromatic carbocycles. The van der Waals surface area contributed by atoms with Crippen molar-refractivity contribution in [2.75, 3.05) is 6.61 Å². The van der Waals surface area contributed by atoms with Crippen molar-refractivity contribution >= 4 is 5.91 Å². The van der Waals surface area contributed by atoms with Gasteiger partial charge < -0.3 is 14.6 Å². The summed E-state index contributed by atoms with van der Waals surface area (Å²) in [7, 11) is 0. The first kappa shape index (κ1) is 16.5. The average Bonchev–Trinajstić information content (AvgIpc) is 3.16. The first-order valence-corrected chi connectivity index (χ1v) is 8.55. The number of amides is 1. The first-order valence-electron chi connectivity index (χ1n) is 8.55. The van der Waals surface area contributed by atoms with Crippen LogP contribution in [0.2, 0.25) is 0 Å². The summed E-state index contributed by atoms with van der Waals surface area (Å²) in [6, 6.07) is 7.78. The SMILES string of the molecule is Cc1ccccc1OCCCC(=O)NC(C)c1nnc2n1CCC2. The first-order chi connectivity index (χ1) is 11.6. The monoisotopic (exact) mass is 328 g/mol. The van der Waals surface area contributed by atoms with E-state index in [1.54, 1.807) is 0 Å². The normalized spacial score (nSPS) is 14.2. The Morgan fingerprint density at radius 2 is 2.21 bits per heavy atom. The Balaban J connectivity index is 1.42. The number of rotatable bonds is 7. The van der Waals surface area contributed by atoms with Gasteiger partial charge in [0.05, 0.1) is 12.6 Å². The summed E-state index contributed by atoms with van der Waals surface area (Å²) in [5.41, 5.74) is 1.11. The highest BCUT2D eigenvalue weighted by atomic mass is 16.5. The standard InChI is InChI=1S/C18H24N4O2/c1-13-7-3-4-8-15(13)24-12-6-10-17(23)19-14(2)18-21-20-16-9-5-11-22(16)18/h3-4,7-8,14H,5-6,9-12H2,1-2H3,(H,19,23). The summed E-state index contributed by atoms with van der Waals surface area (Å²) in [4.78, 5) is 12.1. The van der Waals surface area contributed by atoms with Crippen LogP contribution in [0, 0.1) is 6.92 Å². The van der Waals surface area contributed by atoms with E-state index in [9.17, 15) is 4.79 Å². The lowest BCUT2D eigenvalue weighted by atomic mass is 10.2. The Hall–Kier alpha value is -2.37. The van der Waals surface area contributed by atoms with E-state index < -0.39 is 0 Å². The fraction of sp³-hybridized carbons (Fsp3) is 0.500. The summed E-state index contributed by atoms with van der Waals surface area (Å²) < 4.78 is 7.84. The summed E-state index contributed by atoms with van der Waals surface area (Å²) in [5, 5.41) is 11.4. The number of ether oxygens (including phenoxy) is 1. The third-order valence-corrected chi connectivity index (χ3v) is 4.30. The van der Waals surface area contributed by atoms with Crippen LogP contribution in [0.1, 0.15) is 49.4 Å². The van der Waals surface area contributed by atoms with E-state index in [1.807, 2.05) is 38.1 Å². The number of nitrogens with zero attached hydrogens (tertiary/aromatic N) is 3. The summed E-state index contributed by atoms with van der Waals surface area (Å²) in [6.45, 7) is 5.45. The van der Waals surface area contributed by atoms with Gasteiger partial charge in [0.15, 0.2) is 5.82 Å². The minimum Gasteiger partial charge on any atom is -0.493 e. The maximum atomic E-state index is 12.1. The van der Waals surface area contributed by atoms with E-state index in [-0.39, 0.29) is 11.9 Å². The van der Waals surface area contributed by atoms with Gasteiger partial charge in [-0.15, -0.1) is 10.2 Å². The molecule has 2 aromatic rings. The van der Waals surface area contributed by atoms with Gasteiger partial charge in [-0.05, 0) is 38.3 Å². The van der Waals surface area contributed by atoms with E-state index >= 15 is 0 Å². The van der Waals surface area contributed by atoms with Crippen LogP contribution in [0.5, 0.6) is 5.75 Å². The van der Waals surface area contributed by atoms with Crippen molar-refractivity contribution in [3.05, 3.63) is 41.5 Å². The Bertz CT molecular complexity index is 711. The number of hydrogen-bond acceptors (Lipinski definition) is 4. The summed E-state index contributed by atoms with van der Waals surface area (Å²) in [6.07, 6.45) is 3.21. The van der Waals surface area contributed by atoms with Crippen molar-refractivity contribution in [2.24, 2.45) is 0 Å². The average molecular weight is 328 g/mol. The molecule has 0 radical (unpaired) electrons. The molecule has 0 saturated carbocycles. The lowest BCUT2D eigenvalue weighted by molar-refractivity contribution is -0.122. The van der Waals surface area contributed by atoms with Gasteiger partial charge in [-0.1, -0.05) is 18.2 Å². The van der Waals surface area contributed by atoms with E-state index in [1.165, 1.54) is 0 Å².